The number of nitrogens with zero attached hydrogens (tertiary/aromatic N) is 1. The van der Waals surface area contributed by atoms with Gasteiger partial charge in [0.05, 0.1) is 5.52 Å². The summed E-state index contributed by atoms with van der Waals surface area (Å²) in [5.74, 6) is -0.391. The van der Waals surface area contributed by atoms with Crippen molar-refractivity contribution < 1.29 is 13.9 Å². The normalized spacial score (nSPS) is 11.8. The van der Waals surface area contributed by atoms with Gasteiger partial charge in [0.25, 0.3) is 0 Å². The van der Waals surface area contributed by atoms with Crippen LogP contribution in [0.15, 0.2) is 28.9 Å². The van der Waals surface area contributed by atoms with Crippen molar-refractivity contribution in [1.29, 1.82) is 0 Å². The van der Waals surface area contributed by atoms with Gasteiger partial charge in [0, 0.05) is 16.1 Å². The van der Waals surface area contributed by atoms with Crippen molar-refractivity contribution in [2.45, 2.75) is 26.4 Å². The van der Waals surface area contributed by atoms with Gasteiger partial charge in [0.2, 0.25) is 0 Å². The van der Waals surface area contributed by atoms with Gasteiger partial charge in [-0.2, -0.15) is 0 Å². The van der Waals surface area contributed by atoms with E-state index in [1.165, 1.54) is 16.7 Å². The van der Waals surface area contributed by atoms with Gasteiger partial charge in [0.15, 0.2) is 0 Å². The maximum atomic E-state index is 13.2. The molecular weight excluding hydrogens is 301 g/mol. The first-order chi connectivity index (χ1) is 8.28. The first kappa shape index (κ1) is 13.1. The Morgan fingerprint density at radius 2 is 2.06 bits per heavy atom. The fraction of sp³-hybridized carbons (Fsp3) is 0.308. The highest BCUT2D eigenvalue weighted by Crippen LogP contribution is 2.27. The average Bonchev–Trinajstić information content (AvgIpc) is 2.53. The highest BCUT2D eigenvalue weighted by Gasteiger charge is 2.20. The third-order valence-electron chi connectivity index (χ3n) is 2.31. The van der Waals surface area contributed by atoms with E-state index in [1.54, 1.807) is 33.0 Å². The topological polar surface area (TPSA) is 31.2 Å². The van der Waals surface area contributed by atoms with Gasteiger partial charge in [-0.3, -0.25) is 4.57 Å². The number of halogens is 2. The fourth-order valence-electron chi connectivity index (χ4n) is 1.62. The number of ether oxygens (including phenoxy) is 1. The van der Waals surface area contributed by atoms with E-state index in [9.17, 15) is 9.18 Å². The number of benzene rings is 1. The molecule has 0 saturated carbocycles. The van der Waals surface area contributed by atoms with Gasteiger partial charge < -0.3 is 4.74 Å². The van der Waals surface area contributed by atoms with Crippen molar-refractivity contribution in [3.05, 3.63) is 34.7 Å². The number of hydrogen-bond acceptors (Lipinski definition) is 2. The summed E-state index contributed by atoms with van der Waals surface area (Å²) in [4.78, 5) is 12.0. The Morgan fingerprint density at radius 1 is 1.39 bits per heavy atom. The second-order valence-electron chi connectivity index (χ2n) is 4.99. The lowest BCUT2D eigenvalue weighted by molar-refractivity contribution is 0.0544. The van der Waals surface area contributed by atoms with E-state index in [4.69, 9.17) is 4.74 Å². The molecule has 18 heavy (non-hydrogen) atoms. The molecule has 96 valence electrons. The molecule has 2 aromatic rings. The Hall–Kier alpha value is -1.36. The molecule has 0 radical (unpaired) electrons. The molecule has 0 aliphatic carbocycles. The molecule has 1 aromatic carbocycles. The van der Waals surface area contributed by atoms with Gasteiger partial charge in [-0.25, -0.2) is 9.18 Å². The zero-order valence-electron chi connectivity index (χ0n) is 10.3. The lowest BCUT2D eigenvalue weighted by Crippen LogP contribution is -2.26. The van der Waals surface area contributed by atoms with Gasteiger partial charge in [-0.1, -0.05) is 0 Å². The van der Waals surface area contributed by atoms with Crippen LogP contribution in [-0.4, -0.2) is 16.3 Å². The molecule has 0 atom stereocenters. The Balaban J connectivity index is 2.51. The molecule has 0 spiro atoms. The number of hydrogen-bond donors (Lipinski definition) is 0. The molecule has 3 nitrogen and oxygen atoms in total. The third kappa shape index (κ3) is 2.56. The molecule has 0 amide bonds. The van der Waals surface area contributed by atoms with Crippen LogP contribution in [0.25, 0.3) is 10.9 Å². The lowest BCUT2D eigenvalue weighted by Gasteiger charge is -2.19. The minimum atomic E-state index is -0.590. The summed E-state index contributed by atoms with van der Waals surface area (Å²) >= 11 is 3.34. The van der Waals surface area contributed by atoms with E-state index in [0.717, 1.165) is 9.86 Å². The van der Waals surface area contributed by atoms with Gasteiger partial charge >= 0.3 is 6.09 Å². The first-order valence-corrected chi connectivity index (χ1v) is 6.27. The van der Waals surface area contributed by atoms with E-state index in [2.05, 4.69) is 15.9 Å². The van der Waals surface area contributed by atoms with Crippen LogP contribution < -0.4 is 0 Å². The van der Waals surface area contributed by atoms with Crippen molar-refractivity contribution in [2.75, 3.05) is 0 Å². The van der Waals surface area contributed by atoms with Crippen LogP contribution >= 0.6 is 15.9 Å². The third-order valence-corrected chi connectivity index (χ3v) is 2.94. The van der Waals surface area contributed by atoms with Crippen LogP contribution in [0, 0.1) is 5.82 Å². The number of carbonyl (C=O) groups is 1. The number of carbonyl (C=O) groups excluding carboxylic acids is 1. The van der Waals surface area contributed by atoms with E-state index in [1.807, 2.05) is 0 Å². The molecular formula is C13H13BrFNO2. The summed E-state index contributed by atoms with van der Waals surface area (Å²) in [6.45, 7) is 5.35. The van der Waals surface area contributed by atoms with Crippen molar-refractivity contribution >= 4 is 32.9 Å². The number of rotatable bonds is 0. The predicted octanol–water partition coefficient (Wildman–Crippen LogP) is 4.33. The lowest BCUT2D eigenvalue weighted by atomic mass is 10.2. The minimum Gasteiger partial charge on any atom is -0.443 e. The van der Waals surface area contributed by atoms with Gasteiger partial charge in [-0.15, -0.1) is 0 Å². The maximum Gasteiger partial charge on any atom is 0.419 e. The molecule has 2 rings (SSSR count). The molecule has 5 heteroatoms. The average molecular weight is 314 g/mol. The standard InChI is InChI=1S/C13H13BrFNO2/c1-13(2,3)18-12(17)16-7-10(14)9-5-4-8(15)6-11(9)16/h4-7H,1-3H3. The molecule has 1 heterocycles. The predicted molar refractivity (Wildman–Crippen MR) is 71.2 cm³/mol. The van der Waals surface area contributed by atoms with Crippen LogP contribution in [0.1, 0.15) is 20.8 Å². The van der Waals surface area contributed by atoms with Crippen LogP contribution in [-0.2, 0) is 4.74 Å². The van der Waals surface area contributed by atoms with Crippen LogP contribution in [0.2, 0.25) is 0 Å². The molecule has 0 aliphatic heterocycles. The smallest absolute Gasteiger partial charge is 0.419 e. The van der Waals surface area contributed by atoms with Crippen molar-refractivity contribution in [3.63, 3.8) is 0 Å². The summed E-state index contributed by atoms with van der Waals surface area (Å²) < 4.78 is 20.5. The van der Waals surface area contributed by atoms with Crippen LogP contribution in [0.3, 0.4) is 0 Å². The summed E-state index contributed by atoms with van der Waals surface area (Å²) in [5.41, 5.74) is -0.107. The molecule has 0 fully saturated rings. The molecule has 0 bridgehead atoms. The molecule has 0 saturated heterocycles. The molecule has 0 aliphatic rings. The molecule has 0 unspecified atom stereocenters. The Bertz CT molecular complexity index is 613. The van der Waals surface area contributed by atoms with E-state index >= 15 is 0 Å². The van der Waals surface area contributed by atoms with Crippen molar-refractivity contribution in [1.82, 2.24) is 4.57 Å². The van der Waals surface area contributed by atoms with Gasteiger partial charge in [0.1, 0.15) is 11.4 Å². The van der Waals surface area contributed by atoms with Crippen molar-refractivity contribution in [3.8, 4) is 0 Å². The largest absolute Gasteiger partial charge is 0.443 e. The maximum absolute atomic E-state index is 13.2. The van der Waals surface area contributed by atoms with Gasteiger partial charge in [-0.05, 0) is 54.9 Å². The second kappa shape index (κ2) is 4.39. The van der Waals surface area contributed by atoms with E-state index in [-0.39, 0.29) is 0 Å². The van der Waals surface area contributed by atoms with E-state index in [0.29, 0.717) is 5.52 Å². The quantitative estimate of drug-likeness (QED) is 0.725. The minimum absolute atomic E-state index is 0.391. The fourth-order valence-corrected chi connectivity index (χ4v) is 2.16. The summed E-state index contributed by atoms with van der Waals surface area (Å²) in [5, 5.41) is 0.766. The molecule has 1 aromatic heterocycles. The Kier molecular flexibility index (Phi) is 3.19. The Labute approximate surface area is 113 Å². The van der Waals surface area contributed by atoms with Crippen LogP contribution in [0.4, 0.5) is 9.18 Å². The highest BCUT2D eigenvalue weighted by molar-refractivity contribution is 9.10. The summed E-state index contributed by atoms with van der Waals surface area (Å²) in [6, 6.07) is 4.28. The zero-order chi connectivity index (χ0) is 13.5. The van der Waals surface area contributed by atoms with Crippen molar-refractivity contribution in [2.24, 2.45) is 0 Å². The zero-order valence-corrected chi connectivity index (χ0v) is 11.9. The number of aromatic nitrogens is 1. The van der Waals surface area contributed by atoms with E-state index < -0.39 is 17.5 Å². The summed E-state index contributed by atoms with van der Waals surface area (Å²) in [7, 11) is 0. The highest BCUT2D eigenvalue weighted by atomic mass is 79.9. The second-order valence-corrected chi connectivity index (χ2v) is 5.84. The number of fused-ring (bicyclic) bond motifs is 1. The molecule has 0 N–H and O–H groups in total. The first-order valence-electron chi connectivity index (χ1n) is 5.47. The van der Waals surface area contributed by atoms with Crippen LogP contribution in [0.5, 0.6) is 0 Å². The Morgan fingerprint density at radius 3 is 2.67 bits per heavy atom. The monoisotopic (exact) mass is 313 g/mol. The SMILES string of the molecule is CC(C)(C)OC(=O)n1cc(Br)c2ccc(F)cc21. The summed E-state index contributed by atoms with van der Waals surface area (Å²) in [6.07, 6.45) is 1.06.